The van der Waals surface area contributed by atoms with E-state index in [0.29, 0.717) is 5.92 Å². The highest BCUT2D eigenvalue weighted by atomic mass is 15.1. The minimum atomic E-state index is 0.0580. The lowest BCUT2D eigenvalue weighted by Crippen LogP contribution is -2.32. The van der Waals surface area contributed by atoms with Gasteiger partial charge in [0.25, 0.3) is 0 Å². The van der Waals surface area contributed by atoms with Crippen molar-refractivity contribution in [2.24, 2.45) is 11.8 Å². The number of anilines is 3. The lowest BCUT2D eigenvalue weighted by molar-refractivity contribution is 0.327. The fourth-order valence-corrected chi connectivity index (χ4v) is 12.6. The van der Waals surface area contributed by atoms with Crippen LogP contribution in [-0.4, -0.2) is 0 Å². The normalized spacial score (nSPS) is 17.8. The Morgan fingerprint density at radius 3 is 1.56 bits per heavy atom. The summed E-state index contributed by atoms with van der Waals surface area (Å²) >= 11 is 0. The Morgan fingerprint density at radius 1 is 0.348 bits per heavy atom. The SMILES string of the molecule is c1ccc(-c2ccccc2-c2ccccc2-c2ccccc2N(c2cccc(-c3cccc4cccc(-c5ccccc5)c34)c2)c2ccc3c(c2)C2(CC4CCC2C4)c2ccccc2-3)cc1. The quantitative estimate of drug-likeness (QED) is 0.147. The third-order valence-corrected chi connectivity index (χ3v) is 15.4. The van der Waals surface area contributed by atoms with Crippen molar-refractivity contribution in [3.63, 3.8) is 0 Å². The van der Waals surface area contributed by atoms with Gasteiger partial charge in [0, 0.05) is 22.4 Å². The molecule has 1 heteroatoms. The molecule has 10 aromatic carbocycles. The summed E-state index contributed by atoms with van der Waals surface area (Å²) in [5, 5.41) is 2.51. The summed E-state index contributed by atoms with van der Waals surface area (Å²) in [4.78, 5) is 2.56. The summed E-state index contributed by atoms with van der Waals surface area (Å²) in [6, 6.07) is 88.2. The molecule has 13 rings (SSSR count). The second-order valence-corrected chi connectivity index (χ2v) is 18.8. The maximum atomic E-state index is 2.60. The Balaban J connectivity index is 1.04. The maximum absolute atomic E-state index is 2.60. The van der Waals surface area contributed by atoms with E-state index in [4.69, 9.17) is 0 Å². The smallest absolute Gasteiger partial charge is 0.0540 e. The summed E-state index contributed by atoms with van der Waals surface area (Å²) in [5.74, 6) is 1.47. The lowest BCUT2D eigenvalue weighted by atomic mass is 9.67. The predicted octanol–water partition coefficient (Wildman–Crippen LogP) is 17.7. The molecule has 0 aliphatic heterocycles. The molecule has 0 heterocycles. The van der Waals surface area contributed by atoms with Gasteiger partial charge < -0.3 is 4.90 Å². The van der Waals surface area contributed by atoms with Gasteiger partial charge in [-0.05, 0) is 145 Å². The molecule has 314 valence electrons. The van der Waals surface area contributed by atoms with Gasteiger partial charge in [-0.25, -0.2) is 0 Å². The molecule has 2 fully saturated rings. The van der Waals surface area contributed by atoms with Crippen molar-refractivity contribution >= 4 is 27.8 Å². The summed E-state index contributed by atoms with van der Waals surface area (Å²) < 4.78 is 0. The van der Waals surface area contributed by atoms with Gasteiger partial charge in [0.15, 0.2) is 0 Å². The Kier molecular flexibility index (Phi) is 9.24. The maximum Gasteiger partial charge on any atom is 0.0540 e. The highest BCUT2D eigenvalue weighted by molar-refractivity contribution is 6.07. The van der Waals surface area contributed by atoms with E-state index in [0.717, 1.165) is 17.3 Å². The van der Waals surface area contributed by atoms with Gasteiger partial charge in [-0.3, -0.25) is 0 Å². The van der Waals surface area contributed by atoms with Crippen LogP contribution in [0.1, 0.15) is 36.8 Å². The average molecular weight is 844 g/mol. The largest absolute Gasteiger partial charge is 0.310 e. The number of rotatable bonds is 8. The first-order chi connectivity index (χ1) is 32.7. The molecule has 1 spiro atoms. The number of fused-ring (bicyclic) bond motifs is 9. The first kappa shape index (κ1) is 38.7. The second-order valence-electron chi connectivity index (χ2n) is 18.8. The van der Waals surface area contributed by atoms with Crippen molar-refractivity contribution in [2.75, 3.05) is 4.90 Å². The lowest BCUT2D eigenvalue weighted by Gasteiger charge is -2.37. The highest BCUT2D eigenvalue weighted by Crippen LogP contribution is 2.66. The monoisotopic (exact) mass is 843 g/mol. The molecule has 0 amide bonds. The van der Waals surface area contributed by atoms with Crippen LogP contribution >= 0.6 is 0 Å². The first-order valence-corrected chi connectivity index (χ1v) is 23.8. The second kappa shape index (κ2) is 15.8. The van der Waals surface area contributed by atoms with E-state index in [1.165, 1.54) is 114 Å². The molecular weight excluding hydrogens is 795 g/mol. The average Bonchev–Trinajstić information content (AvgIpc) is 4.09. The number of hydrogen-bond acceptors (Lipinski definition) is 1. The van der Waals surface area contributed by atoms with Crippen LogP contribution in [0.15, 0.2) is 237 Å². The van der Waals surface area contributed by atoms with Crippen molar-refractivity contribution in [3.05, 3.63) is 248 Å². The third-order valence-electron chi connectivity index (χ3n) is 15.4. The van der Waals surface area contributed by atoms with Crippen LogP contribution in [0.4, 0.5) is 17.1 Å². The molecule has 3 aliphatic carbocycles. The number of hydrogen-bond donors (Lipinski definition) is 0. The summed E-state index contributed by atoms with van der Waals surface area (Å²) in [6.45, 7) is 0. The zero-order valence-electron chi connectivity index (χ0n) is 36.9. The minimum Gasteiger partial charge on any atom is -0.310 e. The topological polar surface area (TPSA) is 3.24 Å². The summed E-state index contributed by atoms with van der Waals surface area (Å²) in [5.41, 5.74) is 21.6. The molecule has 3 aliphatic rings. The zero-order valence-corrected chi connectivity index (χ0v) is 36.9. The van der Waals surface area contributed by atoms with E-state index in [1.807, 2.05) is 0 Å². The molecule has 0 radical (unpaired) electrons. The summed E-state index contributed by atoms with van der Waals surface area (Å²) in [7, 11) is 0. The van der Waals surface area contributed by atoms with Crippen molar-refractivity contribution in [2.45, 2.75) is 31.1 Å². The van der Waals surface area contributed by atoms with Gasteiger partial charge in [-0.1, -0.05) is 213 Å². The Bertz CT molecular complexity index is 3450. The van der Waals surface area contributed by atoms with Crippen LogP contribution < -0.4 is 4.90 Å². The van der Waals surface area contributed by atoms with Crippen LogP contribution in [0, 0.1) is 11.8 Å². The van der Waals surface area contributed by atoms with Crippen LogP contribution in [-0.2, 0) is 5.41 Å². The van der Waals surface area contributed by atoms with E-state index < -0.39 is 0 Å². The predicted molar refractivity (Wildman–Crippen MR) is 277 cm³/mol. The zero-order chi connectivity index (χ0) is 43.6. The van der Waals surface area contributed by atoms with E-state index in [-0.39, 0.29) is 5.41 Å². The van der Waals surface area contributed by atoms with Crippen molar-refractivity contribution in [1.82, 2.24) is 0 Å². The molecule has 0 aromatic heterocycles. The van der Waals surface area contributed by atoms with E-state index in [2.05, 4.69) is 241 Å². The molecule has 0 saturated heterocycles. The fraction of sp³-hybridized carbons (Fsp3) is 0.108. The molecule has 0 N–H and O–H groups in total. The van der Waals surface area contributed by atoms with E-state index in [1.54, 1.807) is 5.56 Å². The van der Waals surface area contributed by atoms with Crippen LogP contribution in [0.2, 0.25) is 0 Å². The summed E-state index contributed by atoms with van der Waals surface area (Å²) in [6.07, 6.45) is 5.26. The first-order valence-electron chi connectivity index (χ1n) is 23.8. The van der Waals surface area contributed by atoms with Crippen molar-refractivity contribution in [1.29, 1.82) is 0 Å². The van der Waals surface area contributed by atoms with Gasteiger partial charge in [0.1, 0.15) is 0 Å². The standard InChI is InChI=1S/C65H49N/c1-3-18-45(19-4-1)52-26-7-8-27-55(52)56-28-9-10-29-57(56)60-31-12-14-35-63(60)66(51-38-39-59-58-30-11-13-34-61(58)65(62(59)42-51)43-44-36-37-49(65)40-44)50-25-15-24-48(41-50)54-33-17-23-47-22-16-32-53(64(47)54)46-20-5-2-6-21-46/h1-35,38-39,41-42,44,49H,36-37,40,43H2. The van der Waals surface area contributed by atoms with Gasteiger partial charge >= 0.3 is 0 Å². The Morgan fingerprint density at radius 2 is 0.864 bits per heavy atom. The Labute approximate surface area is 388 Å². The molecule has 66 heavy (non-hydrogen) atoms. The molecule has 2 bridgehead atoms. The fourth-order valence-electron chi connectivity index (χ4n) is 12.6. The number of benzene rings is 10. The number of nitrogens with zero attached hydrogens (tertiary/aromatic N) is 1. The van der Waals surface area contributed by atoms with E-state index >= 15 is 0 Å². The van der Waals surface area contributed by atoms with E-state index in [9.17, 15) is 0 Å². The molecule has 1 nitrogen and oxygen atoms in total. The van der Waals surface area contributed by atoms with Crippen LogP contribution in [0.3, 0.4) is 0 Å². The molecule has 10 aromatic rings. The molecule has 3 unspecified atom stereocenters. The van der Waals surface area contributed by atoms with Gasteiger partial charge in [-0.15, -0.1) is 0 Å². The van der Waals surface area contributed by atoms with Crippen LogP contribution in [0.5, 0.6) is 0 Å². The van der Waals surface area contributed by atoms with Gasteiger partial charge in [0.2, 0.25) is 0 Å². The molecular formula is C65H49N. The van der Waals surface area contributed by atoms with Crippen molar-refractivity contribution < 1.29 is 0 Å². The molecule has 2 saturated carbocycles. The van der Waals surface area contributed by atoms with Crippen molar-refractivity contribution in [3.8, 4) is 66.8 Å². The number of para-hydroxylation sites is 1. The molecule has 3 atom stereocenters. The van der Waals surface area contributed by atoms with Gasteiger partial charge in [-0.2, -0.15) is 0 Å². The Hall–Kier alpha value is -7.74. The van der Waals surface area contributed by atoms with Gasteiger partial charge in [0.05, 0.1) is 5.69 Å². The third kappa shape index (κ3) is 6.14. The highest BCUT2D eigenvalue weighted by Gasteiger charge is 2.56. The minimum absolute atomic E-state index is 0.0580. The van der Waals surface area contributed by atoms with Crippen LogP contribution in [0.25, 0.3) is 77.5 Å².